The highest BCUT2D eigenvalue weighted by atomic mass is 32.2. The van der Waals surface area contributed by atoms with Gasteiger partial charge in [-0.1, -0.05) is 0 Å². The lowest BCUT2D eigenvalue weighted by molar-refractivity contribution is 0.559. The van der Waals surface area contributed by atoms with Crippen molar-refractivity contribution in [2.45, 2.75) is 44.3 Å². The third-order valence-corrected chi connectivity index (χ3v) is 5.78. The second-order valence-electron chi connectivity index (χ2n) is 6.87. The molecule has 0 saturated heterocycles. The number of aromatic nitrogens is 3. The molecule has 1 atom stereocenters. The van der Waals surface area contributed by atoms with Crippen LogP contribution in [0.5, 0.6) is 0 Å². The Bertz CT molecular complexity index is 882. The number of pyridine rings is 1. The van der Waals surface area contributed by atoms with E-state index in [-0.39, 0.29) is 4.75 Å². The number of aromatic amines is 1. The molecule has 2 heterocycles. The van der Waals surface area contributed by atoms with Crippen molar-refractivity contribution in [3.63, 3.8) is 0 Å². The summed E-state index contributed by atoms with van der Waals surface area (Å²) < 4.78 is 12.4. The smallest absolute Gasteiger partial charge is 0.155 e. The van der Waals surface area contributed by atoms with Crippen molar-refractivity contribution in [3.05, 3.63) is 41.7 Å². The molecule has 0 amide bonds. The molecular formula is C18H22N4OS. The molecule has 2 N–H and O–H groups in total. The van der Waals surface area contributed by atoms with E-state index < -0.39 is 11.2 Å². The van der Waals surface area contributed by atoms with Gasteiger partial charge in [0.25, 0.3) is 0 Å². The molecule has 0 radical (unpaired) electrons. The Labute approximate surface area is 145 Å². The normalized spacial score (nSPS) is 13.2. The number of hydrogen-bond donors (Lipinski definition) is 2. The summed E-state index contributed by atoms with van der Waals surface area (Å²) in [5.41, 5.74) is 3.88. The molecule has 2 aromatic heterocycles. The van der Waals surface area contributed by atoms with Crippen molar-refractivity contribution >= 4 is 33.6 Å². The van der Waals surface area contributed by atoms with Crippen LogP contribution in [0.4, 0.5) is 11.5 Å². The topological polar surface area (TPSA) is 76.7 Å². The largest absolute Gasteiger partial charge is 0.611 e. The third-order valence-electron chi connectivity index (χ3n) is 3.99. The van der Waals surface area contributed by atoms with Crippen LogP contribution in [-0.2, 0) is 11.2 Å². The van der Waals surface area contributed by atoms with Crippen LogP contribution in [0.15, 0.2) is 35.4 Å². The zero-order chi connectivity index (χ0) is 17.5. The van der Waals surface area contributed by atoms with Crippen LogP contribution < -0.4 is 5.32 Å². The maximum absolute atomic E-state index is 12.7. The molecule has 1 aromatic carbocycles. The lowest BCUT2D eigenvalue weighted by Gasteiger charge is -2.24. The quantitative estimate of drug-likeness (QED) is 0.699. The lowest BCUT2D eigenvalue weighted by atomic mass is 10.2. The van der Waals surface area contributed by atoms with Gasteiger partial charge in [0.2, 0.25) is 0 Å². The molecule has 3 rings (SSSR count). The van der Waals surface area contributed by atoms with Gasteiger partial charge >= 0.3 is 0 Å². The summed E-state index contributed by atoms with van der Waals surface area (Å²) in [6.45, 7) is 9.94. The van der Waals surface area contributed by atoms with Crippen LogP contribution in [0.25, 0.3) is 10.9 Å². The first-order valence-electron chi connectivity index (χ1n) is 7.86. The molecule has 126 valence electrons. The van der Waals surface area contributed by atoms with Gasteiger partial charge in [-0.25, -0.2) is 0 Å². The van der Waals surface area contributed by atoms with Crippen LogP contribution in [0.2, 0.25) is 0 Å². The van der Waals surface area contributed by atoms with Crippen molar-refractivity contribution in [2.24, 2.45) is 0 Å². The standard InChI is InChI=1S/C18H22N4OS/c1-11-12(2)21-22-17(11)20-16-8-9-19-15-7-6-13(10-14(15)16)24(23)18(3,4)5/h6-10H,1-5H3,(H2,19,20,21,22)/t24-/m1/s1. The fourth-order valence-electron chi connectivity index (χ4n) is 2.44. The molecule has 0 aliphatic carbocycles. The summed E-state index contributed by atoms with van der Waals surface area (Å²) in [6.07, 6.45) is 1.76. The predicted molar refractivity (Wildman–Crippen MR) is 99.2 cm³/mol. The zero-order valence-corrected chi connectivity index (χ0v) is 15.4. The summed E-state index contributed by atoms with van der Waals surface area (Å²) in [7, 11) is 0. The Hall–Kier alpha value is -2.05. The molecule has 0 spiro atoms. The highest BCUT2D eigenvalue weighted by Gasteiger charge is 2.28. The fraction of sp³-hybridized carbons (Fsp3) is 0.333. The molecule has 3 aromatic rings. The number of fused-ring (bicyclic) bond motifs is 1. The average molecular weight is 342 g/mol. The van der Waals surface area contributed by atoms with E-state index >= 15 is 0 Å². The Morgan fingerprint density at radius 3 is 2.54 bits per heavy atom. The van der Waals surface area contributed by atoms with Crippen LogP contribution in [0.1, 0.15) is 32.0 Å². The number of rotatable bonds is 3. The van der Waals surface area contributed by atoms with E-state index in [0.29, 0.717) is 0 Å². The SMILES string of the molecule is Cc1[nH]nc(Nc2ccnc3ccc([S@@+]([O-])C(C)(C)C)cc23)c1C. The molecule has 24 heavy (non-hydrogen) atoms. The molecular weight excluding hydrogens is 320 g/mol. The van der Waals surface area contributed by atoms with Gasteiger partial charge in [-0.05, 0) is 64.0 Å². The average Bonchev–Trinajstić information content (AvgIpc) is 2.85. The first-order chi connectivity index (χ1) is 11.3. The van der Waals surface area contributed by atoms with Gasteiger partial charge in [-0.15, -0.1) is 0 Å². The van der Waals surface area contributed by atoms with Crippen molar-refractivity contribution in [2.75, 3.05) is 5.32 Å². The molecule has 0 bridgehead atoms. The highest BCUT2D eigenvalue weighted by molar-refractivity contribution is 7.92. The van der Waals surface area contributed by atoms with E-state index in [9.17, 15) is 4.55 Å². The van der Waals surface area contributed by atoms with E-state index in [0.717, 1.165) is 38.6 Å². The van der Waals surface area contributed by atoms with E-state index in [1.54, 1.807) is 6.20 Å². The number of nitrogens with zero attached hydrogens (tertiary/aromatic N) is 2. The van der Waals surface area contributed by atoms with Crippen molar-refractivity contribution in [3.8, 4) is 0 Å². The molecule has 0 saturated carbocycles. The second-order valence-corrected chi connectivity index (χ2v) is 9.10. The Morgan fingerprint density at radius 1 is 1.17 bits per heavy atom. The van der Waals surface area contributed by atoms with Crippen molar-refractivity contribution < 1.29 is 4.55 Å². The van der Waals surface area contributed by atoms with Crippen LogP contribution >= 0.6 is 0 Å². The molecule has 5 nitrogen and oxygen atoms in total. The van der Waals surface area contributed by atoms with Crippen LogP contribution in [0, 0.1) is 13.8 Å². The number of benzene rings is 1. The summed E-state index contributed by atoms with van der Waals surface area (Å²) in [6, 6.07) is 7.68. The van der Waals surface area contributed by atoms with Gasteiger partial charge in [0, 0.05) is 28.9 Å². The zero-order valence-electron chi connectivity index (χ0n) is 14.6. The molecule has 6 heteroatoms. The third kappa shape index (κ3) is 3.12. The maximum Gasteiger partial charge on any atom is 0.155 e. The maximum atomic E-state index is 12.7. The first kappa shape index (κ1) is 16.8. The lowest BCUT2D eigenvalue weighted by Crippen LogP contribution is -2.27. The van der Waals surface area contributed by atoms with Gasteiger partial charge in [0.1, 0.15) is 4.75 Å². The number of hydrogen-bond acceptors (Lipinski definition) is 4. The Morgan fingerprint density at radius 2 is 1.92 bits per heavy atom. The predicted octanol–water partition coefficient (Wildman–Crippen LogP) is 4.22. The number of nitrogens with one attached hydrogen (secondary N) is 2. The molecule has 0 unspecified atom stereocenters. The second kappa shape index (κ2) is 6.11. The number of anilines is 2. The van der Waals surface area contributed by atoms with Gasteiger partial charge < -0.3 is 9.87 Å². The van der Waals surface area contributed by atoms with Gasteiger partial charge in [0.05, 0.1) is 11.2 Å². The highest BCUT2D eigenvalue weighted by Crippen LogP contribution is 2.31. The number of H-pyrrole nitrogens is 1. The fourth-order valence-corrected chi connectivity index (χ4v) is 3.56. The van der Waals surface area contributed by atoms with Gasteiger partial charge in [0.15, 0.2) is 10.7 Å². The van der Waals surface area contributed by atoms with E-state index in [2.05, 4.69) is 20.5 Å². The summed E-state index contributed by atoms with van der Waals surface area (Å²) >= 11 is -1.09. The Kier molecular flexibility index (Phi) is 4.27. The van der Waals surface area contributed by atoms with Gasteiger partial charge in [-0.2, -0.15) is 5.10 Å². The number of aryl methyl sites for hydroxylation is 1. The van der Waals surface area contributed by atoms with Crippen LogP contribution in [-0.4, -0.2) is 24.5 Å². The molecule has 0 aliphatic heterocycles. The molecule has 0 fully saturated rings. The molecule has 0 aliphatic rings. The minimum atomic E-state index is -1.09. The summed E-state index contributed by atoms with van der Waals surface area (Å²) in [5.74, 6) is 0.794. The van der Waals surface area contributed by atoms with E-state index in [1.165, 1.54) is 0 Å². The minimum absolute atomic E-state index is 0.306. The van der Waals surface area contributed by atoms with Crippen molar-refractivity contribution in [1.82, 2.24) is 15.2 Å². The Balaban J connectivity index is 2.06. The van der Waals surface area contributed by atoms with E-state index in [4.69, 9.17) is 0 Å². The minimum Gasteiger partial charge on any atom is -0.611 e. The van der Waals surface area contributed by atoms with Crippen LogP contribution in [0.3, 0.4) is 0 Å². The summed E-state index contributed by atoms with van der Waals surface area (Å²) in [5, 5.41) is 11.6. The monoisotopic (exact) mass is 342 g/mol. The van der Waals surface area contributed by atoms with Gasteiger partial charge in [-0.3, -0.25) is 10.1 Å². The van der Waals surface area contributed by atoms with E-state index in [1.807, 2.05) is 58.9 Å². The van der Waals surface area contributed by atoms with Crippen molar-refractivity contribution in [1.29, 1.82) is 0 Å². The first-order valence-corrected chi connectivity index (χ1v) is 9.01. The summed E-state index contributed by atoms with van der Waals surface area (Å²) in [4.78, 5) is 5.21.